The molecule has 3 nitrogen and oxygen atoms in total. The van der Waals surface area contributed by atoms with E-state index >= 15 is 0 Å². The zero-order valence-electron chi connectivity index (χ0n) is 11.3. The van der Waals surface area contributed by atoms with E-state index in [-0.39, 0.29) is 12.4 Å². The lowest BCUT2D eigenvalue weighted by Crippen LogP contribution is -2.01. The number of benzene rings is 1. The van der Waals surface area contributed by atoms with Gasteiger partial charge in [0, 0.05) is 5.69 Å². The van der Waals surface area contributed by atoms with Crippen molar-refractivity contribution < 1.29 is 9.53 Å². The summed E-state index contributed by atoms with van der Waals surface area (Å²) < 4.78 is 4.85. The van der Waals surface area contributed by atoms with E-state index < -0.39 is 0 Å². The highest BCUT2D eigenvalue weighted by atomic mass is 16.5. The Bertz CT molecular complexity index is 436. The van der Waals surface area contributed by atoms with Gasteiger partial charge < -0.3 is 10.5 Å². The molecule has 0 aliphatic heterocycles. The van der Waals surface area contributed by atoms with Crippen LogP contribution >= 0.6 is 0 Å². The number of anilines is 1. The van der Waals surface area contributed by atoms with Crippen LogP contribution in [0.3, 0.4) is 0 Å². The zero-order chi connectivity index (χ0) is 13.5. The number of nitrogens with two attached hydrogens (primary N) is 1. The summed E-state index contributed by atoms with van der Waals surface area (Å²) in [7, 11) is 0. The molecule has 0 amide bonds. The first kappa shape index (κ1) is 14.3. The molecule has 0 radical (unpaired) electrons. The number of carbonyl (C=O) groups is 1. The van der Waals surface area contributed by atoms with Crippen molar-refractivity contribution in [3.05, 3.63) is 35.4 Å². The van der Waals surface area contributed by atoms with E-state index in [1.165, 1.54) is 5.56 Å². The second kappa shape index (κ2) is 6.84. The molecule has 3 heteroatoms. The molecule has 18 heavy (non-hydrogen) atoms. The van der Waals surface area contributed by atoms with Gasteiger partial charge in [-0.15, -0.1) is 0 Å². The molecule has 0 unspecified atom stereocenters. The maximum Gasteiger partial charge on any atom is 0.309 e. The molecule has 0 saturated carbocycles. The fourth-order valence-electron chi connectivity index (χ4n) is 1.60. The van der Waals surface area contributed by atoms with Gasteiger partial charge in [0.25, 0.3) is 0 Å². The molecule has 0 aromatic heterocycles. The lowest BCUT2D eigenvalue weighted by atomic mass is 9.99. The van der Waals surface area contributed by atoms with Crippen molar-refractivity contribution in [2.75, 3.05) is 12.3 Å². The maximum absolute atomic E-state index is 11.2. The third-order valence-electron chi connectivity index (χ3n) is 2.66. The smallest absolute Gasteiger partial charge is 0.309 e. The van der Waals surface area contributed by atoms with Gasteiger partial charge >= 0.3 is 5.97 Å². The second-order valence-electron chi connectivity index (χ2n) is 4.45. The van der Waals surface area contributed by atoms with Gasteiger partial charge in [-0.2, -0.15) is 0 Å². The average Bonchev–Trinajstić information content (AvgIpc) is 2.31. The van der Waals surface area contributed by atoms with E-state index in [2.05, 4.69) is 19.9 Å². The van der Waals surface area contributed by atoms with Crippen molar-refractivity contribution >= 4 is 17.7 Å². The molecule has 0 bridgehead atoms. The summed E-state index contributed by atoms with van der Waals surface area (Å²) in [6.45, 7) is 6.48. The molecule has 0 aliphatic carbocycles. The van der Waals surface area contributed by atoms with Gasteiger partial charge in [-0.1, -0.05) is 32.1 Å². The third kappa shape index (κ3) is 4.24. The average molecular weight is 247 g/mol. The molecule has 0 atom stereocenters. The van der Waals surface area contributed by atoms with Gasteiger partial charge in [0.2, 0.25) is 0 Å². The van der Waals surface area contributed by atoms with Crippen molar-refractivity contribution in [3.8, 4) is 0 Å². The molecule has 1 aromatic rings. The quantitative estimate of drug-likeness (QED) is 0.641. The van der Waals surface area contributed by atoms with Crippen molar-refractivity contribution in [1.82, 2.24) is 0 Å². The second-order valence-corrected chi connectivity index (χ2v) is 4.45. The summed E-state index contributed by atoms with van der Waals surface area (Å²) in [5, 5.41) is 0. The summed E-state index contributed by atoms with van der Waals surface area (Å²) in [5.41, 5.74) is 8.81. The lowest BCUT2D eigenvalue weighted by Gasteiger charge is -2.08. The highest BCUT2D eigenvalue weighted by Gasteiger charge is 2.02. The fourth-order valence-corrected chi connectivity index (χ4v) is 1.60. The van der Waals surface area contributed by atoms with Crippen LogP contribution in [-0.2, 0) is 9.53 Å². The van der Waals surface area contributed by atoms with E-state index in [1.54, 1.807) is 13.0 Å². The van der Waals surface area contributed by atoms with Crippen LogP contribution < -0.4 is 5.73 Å². The van der Waals surface area contributed by atoms with Crippen LogP contribution in [0, 0.1) is 0 Å². The molecular weight excluding hydrogens is 226 g/mol. The van der Waals surface area contributed by atoms with Crippen molar-refractivity contribution in [2.45, 2.75) is 33.1 Å². The standard InChI is InChI=1S/C15H21NO2/c1-4-18-15(17)7-5-6-13-10-12(11(2)3)8-9-14(13)16/h5-6,8-11H,4,7,16H2,1-3H3. The Morgan fingerprint density at radius 3 is 2.78 bits per heavy atom. The van der Waals surface area contributed by atoms with Gasteiger partial charge in [-0.05, 0) is 36.1 Å². The molecule has 0 aliphatic rings. The van der Waals surface area contributed by atoms with Crippen LogP contribution in [-0.4, -0.2) is 12.6 Å². The third-order valence-corrected chi connectivity index (χ3v) is 2.66. The van der Waals surface area contributed by atoms with E-state index in [9.17, 15) is 4.79 Å². The topological polar surface area (TPSA) is 52.3 Å². The fraction of sp³-hybridized carbons (Fsp3) is 0.400. The van der Waals surface area contributed by atoms with Gasteiger partial charge in [-0.25, -0.2) is 0 Å². The van der Waals surface area contributed by atoms with Gasteiger partial charge in [0.05, 0.1) is 13.0 Å². The number of hydrogen-bond donors (Lipinski definition) is 1. The molecule has 0 heterocycles. The minimum Gasteiger partial charge on any atom is -0.466 e. The van der Waals surface area contributed by atoms with Crippen LogP contribution in [0.25, 0.3) is 6.08 Å². The monoisotopic (exact) mass is 247 g/mol. The SMILES string of the molecule is CCOC(=O)CC=Cc1cc(C(C)C)ccc1N. The summed E-state index contributed by atoms with van der Waals surface area (Å²) in [6, 6.07) is 5.99. The van der Waals surface area contributed by atoms with E-state index in [0.29, 0.717) is 12.5 Å². The zero-order valence-corrected chi connectivity index (χ0v) is 11.3. The van der Waals surface area contributed by atoms with Crippen LogP contribution in [0.1, 0.15) is 44.2 Å². The first-order valence-corrected chi connectivity index (χ1v) is 6.26. The Balaban J connectivity index is 2.74. The molecular formula is C15H21NO2. The Labute approximate surface area is 109 Å². The number of rotatable bonds is 5. The van der Waals surface area contributed by atoms with Gasteiger partial charge in [0.15, 0.2) is 0 Å². The van der Waals surface area contributed by atoms with Crippen molar-refractivity contribution in [2.24, 2.45) is 0 Å². The summed E-state index contributed by atoms with van der Waals surface area (Å²) in [5.74, 6) is 0.246. The lowest BCUT2D eigenvalue weighted by molar-refractivity contribution is -0.142. The van der Waals surface area contributed by atoms with Crippen LogP contribution in [0.5, 0.6) is 0 Å². The molecule has 0 spiro atoms. The Kier molecular flexibility index (Phi) is 5.43. The van der Waals surface area contributed by atoms with E-state index in [4.69, 9.17) is 10.5 Å². The van der Waals surface area contributed by atoms with E-state index in [0.717, 1.165) is 11.3 Å². The Morgan fingerprint density at radius 1 is 1.44 bits per heavy atom. The largest absolute Gasteiger partial charge is 0.466 e. The van der Waals surface area contributed by atoms with Crippen molar-refractivity contribution in [1.29, 1.82) is 0 Å². The molecule has 1 rings (SSSR count). The maximum atomic E-state index is 11.2. The predicted octanol–water partition coefficient (Wildman–Crippen LogP) is 3.36. The number of nitrogen functional groups attached to an aromatic ring is 1. The number of ether oxygens (including phenoxy) is 1. The summed E-state index contributed by atoms with van der Waals surface area (Å²) in [4.78, 5) is 11.2. The minimum absolute atomic E-state index is 0.215. The molecule has 1 aromatic carbocycles. The van der Waals surface area contributed by atoms with Crippen molar-refractivity contribution in [3.63, 3.8) is 0 Å². The first-order valence-electron chi connectivity index (χ1n) is 6.26. The number of hydrogen-bond acceptors (Lipinski definition) is 3. The summed E-state index contributed by atoms with van der Waals surface area (Å²) >= 11 is 0. The molecule has 0 saturated heterocycles. The molecule has 2 N–H and O–H groups in total. The molecule has 0 fully saturated rings. The van der Waals surface area contributed by atoms with Gasteiger partial charge in [-0.3, -0.25) is 4.79 Å². The Morgan fingerprint density at radius 2 is 2.17 bits per heavy atom. The minimum atomic E-state index is -0.215. The highest BCUT2D eigenvalue weighted by Crippen LogP contribution is 2.21. The summed E-state index contributed by atoms with van der Waals surface area (Å²) in [6.07, 6.45) is 3.94. The first-order chi connectivity index (χ1) is 8.54. The normalized spacial score (nSPS) is 11.1. The number of carbonyl (C=O) groups excluding carboxylic acids is 1. The van der Waals surface area contributed by atoms with Gasteiger partial charge in [0.1, 0.15) is 0 Å². The predicted molar refractivity (Wildman–Crippen MR) is 75.2 cm³/mol. The van der Waals surface area contributed by atoms with Crippen LogP contribution in [0.15, 0.2) is 24.3 Å². The highest BCUT2D eigenvalue weighted by molar-refractivity contribution is 5.74. The number of esters is 1. The van der Waals surface area contributed by atoms with Crippen LogP contribution in [0.2, 0.25) is 0 Å². The van der Waals surface area contributed by atoms with E-state index in [1.807, 2.05) is 18.2 Å². The Hall–Kier alpha value is -1.77. The molecule has 98 valence electrons. The van der Waals surface area contributed by atoms with Crippen LogP contribution in [0.4, 0.5) is 5.69 Å².